The lowest BCUT2D eigenvalue weighted by Crippen LogP contribution is -2.19. The summed E-state index contributed by atoms with van der Waals surface area (Å²) < 4.78 is 13.3. The Kier molecular flexibility index (Phi) is 8.20. The molecule has 0 bridgehead atoms. The Labute approximate surface area is 141 Å². The van der Waals surface area contributed by atoms with Crippen LogP contribution in [0.3, 0.4) is 0 Å². The van der Waals surface area contributed by atoms with Gasteiger partial charge in [0.2, 0.25) is 0 Å². The highest BCUT2D eigenvalue weighted by atomic mass is 16.5. The molecular formula is C18H35N3O2. The van der Waals surface area contributed by atoms with E-state index < -0.39 is 0 Å². The number of unbranched alkanes of at least 4 members (excludes halogenated alkanes) is 2. The van der Waals surface area contributed by atoms with Crippen LogP contribution in [0.2, 0.25) is 0 Å². The lowest BCUT2D eigenvalue weighted by molar-refractivity contribution is -0.00480. The molecule has 0 aliphatic carbocycles. The summed E-state index contributed by atoms with van der Waals surface area (Å²) in [5.74, 6) is 0. The zero-order valence-corrected chi connectivity index (χ0v) is 15.9. The first-order valence-corrected chi connectivity index (χ1v) is 8.76. The molecule has 1 aromatic rings. The van der Waals surface area contributed by atoms with Crippen molar-refractivity contribution < 1.29 is 9.47 Å². The number of rotatable bonds is 10. The molecule has 0 saturated carbocycles. The van der Waals surface area contributed by atoms with Crippen molar-refractivity contribution in [2.24, 2.45) is 5.41 Å². The van der Waals surface area contributed by atoms with E-state index >= 15 is 0 Å². The minimum absolute atomic E-state index is 0.0339. The van der Waals surface area contributed by atoms with Gasteiger partial charge in [-0.2, -0.15) is 0 Å². The lowest BCUT2D eigenvalue weighted by Gasteiger charge is -2.19. The molecule has 0 unspecified atom stereocenters. The quantitative estimate of drug-likeness (QED) is 0.604. The van der Waals surface area contributed by atoms with Crippen LogP contribution in [0.15, 0.2) is 6.20 Å². The summed E-state index contributed by atoms with van der Waals surface area (Å²) >= 11 is 0. The summed E-state index contributed by atoms with van der Waals surface area (Å²) in [6.45, 7) is 16.0. The molecular weight excluding hydrogens is 290 g/mol. The molecule has 1 heterocycles. The van der Waals surface area contributed by atoms with Crippen molar-refractivity contribution in [3.05, 3.63) is 11.9 Å². The lowest BCUT2D eigenvalue weighted by atomic mass is 9.93. The first-order chi connectivity index (χ1) is 10.7. The minimum atomic E-state index is -0.0339. The normalized spacial score (nSPS) is 12.8. The van der Waals surface area contributed by atoms with Crippen LogP contribution in [-0.2, 0) is 22.6 Å². The highest BCUT2D eigenvalue weighted by Crippen LogP contribution is 2.18. The van der Waals surface area contributed by atoms with Gasteiger partial charge < -0.3 is 9.47 Å². The predicted molar refractivity (Wildman–Crippen MR) is 93.3 cm³/mol. The summed E-state index contributed by atoms with van der Waals surface area (Å²) in [4.78, 5) is 0. The average Bonchev–Trinajstić information content (AvgIpc) is 2.84. The fourth-order valence-electron chi connectivity index (χ4n) is 2.00. The SMILES string of the molecule is CC(C)(C)CCOCc1cn(CCCCCOC(C)(C)C)nn1. The van der Waals surface area contributed by atoms with Crippen LogP contribution >= 0.6 is 0 Å². The third kappa shape index (κ3) is 11.3. The van der Waals surface area contributed by atoms with Crippen molar-refractivity contribution in [2.45, 2.75) is 86.0 Å². The molecule has 0 amide bonds. The number of aromatic nitrogens is 3. The third-order valence-corrected chi connectivity index (χ3v) is 3.40. The van der Waals surface area contributed by atoms with Gasteiger partial charge in [-0.3, -0.25) is 4.68 Å². The van der Waals surface area contributed by atoms with Gasteiger partial charge in [-0.15, -0.1) is 5.10 Å². The summed E-state index contributed by atoms with van der Waals surface area (Å²) in [5.41, 5.74) is 1.19. The second-order valence-corrected chi connectivity index (χ2v) is 8.36. The molecule has 0 atom stereocenters. The molecule has 23 heavy (non-hydrogen) atoms. The Hall–Kier alpha value is -0.940. The zero-order valence-electron chi connectivity index (χ0n) is 15.9. The predicted octanol–water partition coefficient (Wildman–Crippen LogP) is 4.22. The van der Waals surface area contributed by atoms with Crippen LogP contribution in [0.25, 0.3) is 0 Å². The summed E-state index contributed by atoms with van der Waals surface area (Å²) in [6, 6.07) is 0. The standard InChI is InChI=1S/C18H35N3O2/c1-17(2,3)10-13-22-15-16-14-21(20-19-16)11-8-7-9-12-23-18(4,5)6/h14H,7-13,15H2,1-6H3. The molecule has 0 aromatic carbocycles. The molecule has 0 aliphatic heterocycles. The number of aryl methyl sites for hydroxylation is 1. The average molecular weight is 325 g/mol. The van der Waals surface area contributed by atoms with Crippen LogP contribution in [0.5, 0.6) is 0 Å². The van der Waals surface area contributed by atoms with Crippen LogP contribution in [0.1, 0.15) is 72.9 Å². The molecule has 1 aromatic heterocycles. The molecule has 0 aliphatic rings. The second-order valence-electron chi connectivity index (χ2n) is 8.36. The van der Waals surface area contributed by atoms with Crippen molar-refractivity contribution in [3.8, 4) is 0 Å². The van der Waals surface area contributed by atoms with Gasteiger partial charge in [0.05, 0.1) is 18.4 Å². The minimum Gasteiger partial charge on any atom is -0.376 e. The van der Waals surface area contributed by atoms with E-state index in [9.17, 15) is 0 Å². The third-order valence-electron chi connectivity index (χ3n) is 3.40. The van der Waals surface area contributed by atoms with Crippen molar-refractivity contribution in [3.63, 3.8) is 0 Å². The highest BCUT2D eigenvalue weighted by Gasteiger charge is 2.10. The Morgan fingerprint density at radius 3 is 2.39 bits per heavy atom. The second kappa shape index (κ2) is 9.38. The topological polar surface area (TPSA) is 49.2 Å². The molecule has 5 heteroatoms. The smallest absolute Gasteiger partial charge is 0.108 e. The van der Waals surface area contributed by atoms with Gasteiger partial charge in [-0.25, -0.2) is 0 Å². The van der Waals surface area contributed by atoms with Gasteiger partial charge >= 0.3 is 0 Å². The summed E-state index contributed by atoms with van der Waals surface area (Å²) in [7, 11) is 0. The molecule has 0 spiro atoms. The van der Waals surface area contributed by atoms with Gasteiger partial charge in [-0.1, -0.05) is 26.0 Å². The Morgan fingerprint density at radius 2 is 1.74 bits per heavy atom. The van der Waals surface area contributed by atoms with Gasteiger partial charge in [0.25, 0.3) is 0 Å². The molecule has 0 saturated heterocycles. The largest absolute Gasteiger partial charge is 0.376 e. The molecule has 1 rings (SSSR count). The van der Waals surface area contributed by atoms with Crippen LogP contribution in [-0.4, -0.2) is 33.8 Å². The Balaban J connectivity index is 2.09. The van der Waals surface area contributed by atoms with E-state index in [0.717, 1.165) is 51.1 Å². The fraction of sp³-hybridized carbons (Fsp3) is 0.889. The monoisotopic (exact) mass is 325 g/mol. The molecule has 0 radical (unpaired) electrons. The van der Waals surface area contributed by atoms with Crippen LogP contribution < -0.4 is 0 Å². The van der Waals surface area contributed by atoms with Crippen molar-refractivity contribution in [2.75, 3.05) is 13.2 Å². The first kappa shape index (κ1) is 20.1. The Bertz CT molecular complexity index is 430. The van der Waals surface area contributed by atoms with E-state index in [1.54, 1.807) is 0 Å². The number of hydrogen-bond acceptors (Lipinski definition) is 4. The van der Waals surface area contributed by atoms with E-state index in [4.69, 9.17) is 9.47 Å². The maximum absolute atomic E-state index is 5.71. The maximum Gasteiger partial charge on any atom is 0.108 e. The summed E-state index contributed by atoms with van der Waals surface area (Å²) in [5, 5.41) is 8.32. The molecule has 5 nitrogen and oxygen atoms in total. The van der Waals surface area contributed by atoms with E-state index in [1.165, 1.54) is 0 Å². The van der Waals surface area contributed by atoms with E-state index in [0.29, 0.717) is 12.0 Å². The number of nitrogens with zero attached hydrogens (tertiary/aromatic N) is 3. The van der Waals surface area contributed by atoms with Crippen LogP contribution in [0, 0.1) is 5.41 Å². The van der Waals surface area contributed by atoms with Crippen LogP contribution in [0.4, 0.5) is 0 Å². The van der Waals surface area contributed by atoms with E-state index in [2.05, 4.69) is 51.9 Å². The van der Waals surface area contributed by atoms with Gasteiger partial charge in [0, 0.05) is 19.8 Å². The molecule has 0 N–H and O–H groups in total. The van der Waals surface area contributed by atoms with Gasteiger partial charge in [-0.05, 0) is 51.9 Å². The summed E-state index contributed by atoms with van der Waals surface area (Å²) in [6.07, 6.45) is 6.38. The van der Waals surface area contributed by atoms with Gasteiger partial charge in [0.15, 0.2) is 0 Å². The van der Waals surface area contributed by atoms with Crippen molar-refractivity contribution in [1.29, 1.82) is 0 Å². The van der Waals surface area contributed by atoms with Crippen molar-refractivity contribution >= 4 is 0 Å². The maximum atomic E-state index is 5.71. The van der Waals surface area contributed by atoms with Crippen molar-refractivity contribution in [1.82, 2.24) is 15.0 Å². The molecule has 134 valence electrons. The van der Waals surface area contributed by atoms with E-state index in [1.807, 2.05) is 10.9 Å². The number of ether oxygens (including phenoxy) is 2. The first-order valence-electron chi connectivity index (χ1n) is 8.76. The van der Waals surface area contributed by atoms with Gasteiger partial charge in [0.1, 0.15) is 5.69 Å². The zero-order chi connectivity index (χ0) is 17.3. The highest BCUT2D eigenvalue weighted by molar-refractivity contribution is 4.89. The fourth-order valence-corrected chi connectivity index (χ4v) is 2.00. The van der Waals surface area contributed by atoms with E-state index in [-0.39, 0.29) is 5.60 Å². The number of hydrogen-bond donors (Lipinski definition) is 0. The Morgan fingerprint density at radius 1 is 1.00 bits per heavy atom. The molecule has 0 fully saturated rings.